The van der Waals surface area contributed by atoms with Gasteiger partial charge in [0.2, 0.25) is 11.8 Å². The van der Waals surface area contributed by atoms with Crippen LogP contribution in [0.1, 0.15) is 24.8 Å². The Kier molecular flexibility index (Phi) is 7.07. The van der Waals surface area contributed by atoms with Crippen LogP contribution < -0.4 is 20.9 Å². The van der Waals surface area contributed by atoms with Gasteiger partial charge in [0, 0.05) is 63.6 Å². The molecular formula is C25H33N5O2. The lowest BCUT2D eigenvalue weighted by atomic mass is 10.0. The first-order chi connectivity index (χ1) is 15.5. The fraction of sp³-hybridized carbons (Fsp3) is 0.440. The predicted octanol–water partition coefficient (Wildman–Crippen LogP) is 2.20. The first-order valence-corrected chi connectivity index (χ1v) is 11.4. The van der Waals surface area contributed by atoms with E-state index in [4.69, 9.17) is 0 Å². The Labute approximate surface area is 190 Å². The van der Waals surface area contributed by atoms with Crippen molar-refractivity contribution >= 4 is 23.2 Å². The minimum atomic E-state index is -0.112. The van der Waals surface area contributed by atoms with Crippen LogP contribution in [0.4, 0.5) is 11.4 Å². The molecule has 7 nitrogen and oxygen atoms in total. The number of hydrogen-bond acceptors (Lipinski definition) is 5. The minimum absolute atomic E-state index is 0.0136. The molecule has 7 heteroatoms. The summed E-state index contributed by atoms with van der Waals surface area (Å²) in [7, 11) is 4.07. The summed E-state index contributed by atoms with van der Waals surface area (Å²) in [5.74, 6) is 0.120. The van der Waals surface area contributed by atoms with E-state index >= 15 is 0 Å². The average molecular weight is 436 g/mol. The van der Waals surface area contributed by atoms with Crippen molar-refractivity contribution in [2.75, 3.05) is 37.4 Å². The third kappa shape index (κ3) is 5.47. The van der Waals surface area contributed by atoms with Gasteiger partial charge in [-0.1, -0.05) is 30.3 Å². The largest absolute Gasteiger partial charge is 0.378 e. The Bertz CT molecular complexity index is 916. The first kappa shape index (κ1) is 22.3. The Morgan fingerprint density at radius 1 is 1.12 bits per heavy atom. The highest BCUT2D eigenvalue weighted by molar-refractivity contribution is 5.90. The van der Waals surface area contributed by atoms with Gasteiger partial charge in [0.1, 0.15) is 0 Å². The molecule has 170 valence electrons. The van der Waals surface area contributed by atoms with E-state index in [1.807, 2.05) is 44.4 Å². The maximum Gasteiger partial charge on any atom is 0.237 e. The van der Waals surface area contributed by atoms with Crippen LogP contribution in [0.3, 0.4) is 0 Å². The summed E-state index contributed by atoms with van der Waals surface area (Å²) < 4.78 is 0. The van der Waals surface area contributed by atoms with E-state index in [9.17, 15) is 9.59 Å². The monoisotopic (exact) mass is 435 g/mol. The van der Waals surface area contributed by atoms with Crippen molar-refractivity contribution in [1.82, 2.24) is 15.5 Å². The number of amides is 2. The van der Waals surface area contributed by atoms with E-state index in [2.05, 4.69) is 50.0 Å². The van der Waals surface area contributed by atoms with Crippen LogP contribution in [-0.4, -0.2) is 62.0 Å². The van der Waals surface area contributed by atoms with Gasteiger partial charge in [-0.3, -0.25) is 14.5 Å². The van der Waals surface area contributed by atoms with Gasteiger partial charge >= 0.3 is 0 Å². The van der Waals surface area contributed by atoms with Gasteiger partial charge in [0.25, 0.3) is 0 Å². The average Bonchev–Trinajstić information content (AvgIpc) is 3.23. The zero-order valence-electron chi connectivity index (χ0n) is 18.9. The number of rotatable bonds is 8. The van der Waals surface area contributed by atoms with Crippen LogP contribution in [-0.2, 0) is 16.1 Å². The number of para-hydroxylation sites is 1. The van der Waals surface area contributed by atoms with E-state index in [-0.39, 0.29) is 29.9 Å². The van der Waals surface area contributed by atoms with E-state index in [1.165, 1.54) is 11.3 Å². The molecule has 32 heavy (non-hydrogen) atoms. The number of nitrogens with zero attached hydrogens (tertiary/aromatic N) is 2. The summed E-state index contributed by atoms with van der Waals surface area (Å²) in [5.41, 5.74) is 3.23. The molecule has 2 heterocycles. The number of carbonyl (C=O) groups is 2. The fourth-order valence-electron chi connectivity index (χ4n) is 4.61. The van der Waals surface area contributed by atoms with Crippen molar-refractivity contribution in [1.29, 1.82) is 0 Å². The van der Waals surface area contributed by atoms with Gasteiger partial charge in [-0.25, -0.2) is 0 Å². The fourth-order valence-corrected chi connectivity index (χ4v) is 4.61. The molecule has 2 aromatic carbocycles. The molecule has 2 aromatic rings. The Hall–Kier alpha value is -2.90. The van der Waals surface area contributed by atoms with Gasteiger partial charge in [0.05, 0.1) is 6.04 Å². The zero-order chi connectivity index (χ0) is 22.5. The topological polar surface area (TPSA) is 76.7 Å². The van der Waals surface area contributed by atoms with Crippen molar-refractivity contribution in [2.24, 2.45) is 0 Å². The van der Waals surface area contributed by atoms with E-state index in [1.54, 1.807) is 0 Å². The molecule has 2 aliphatic heterocycles. The molecule has 4 rings (SSSR count). The highest BCUT2D eigenvalue weighted by atomic mass is 16.2. The van der Waals surface area contributed by atoms with Gasteiger partial charge in [-0.05, 0) is 42.7 Å². The van der Waals surface area contributed by atoms with E-state index < -0.39 is 0 Å². The Morgan fingerprint density at radius 3 is 2.59 bits per heavy atom. The van der Waals surface area contributed by atoms with Crippen LogP contribution >= 0.6 is 0 Å². The number of anilines is 2. The third-order valence-corrected chi connectivity index (χ3v) is 6.43. The lowest BCUT2D eigenvalue weighted by Crippen LogP contribution is -2.57. The van der Waals surface area contributed by atoms with Crippen molar-refractivity contribution < 1.29 is 9.59 Å². The van der Waals surface area contributed by atoms with Crippen LogP contribution in [0.5, 0.6) is 0 Å². The van der Waals surface area contributed by atoms with Crippen LogP contribution in [0.25, 0.3) is 0 Å². The second kappa shape index (κ2) is 10.1. The summed E-state index contributed by atoms with van der Waals surface area (Å²) in [6, 6.07) is 18.4. The smallest absolute Gasteiger partial charge is 0.237 e. The Balaban J connectivity index is 1.28. The molecule has 2 aliphatic rings. The summed E-state index contributed by atoms with van der Waals surface area (Å²) >= 11 is 0. The van der Waals surface area contributed by atoms with Gasteiger partial charge in [0.15, 0.2) is 0 Å². The van der Waals surface area contributed by atoms with Gasteiger partial charge in [-0.2, -0.15) is 0 Å². The lowest BCUT2D eigenvalue weighted by Gasteiger charge is -2.37. The number of hydrogen-bond donors (Lipinski definition) is 3. The van der Waals surface area contributed by atoms with E-state index in [0.29, 0.717) is 13.0 Å². The first-order valence-electron chi connectivity index (χ1n) is 11.4. The van der Waals surface area contributed by atoms with Crippen LogP contribution in [0.15, 0.2) is 54.6 Å². The van der Waals surface area contributed by atoms with Gasteiger partial charge in [-0.15, -0.1) is 0 Å². The molecule has 0 radical (unpaired) electrons. The molecular weight excluding hydrogens is 402 g/mol. The molecule has 2 amide bonds. The summed E-state index contributed by atoms with van der Waals surface area (Å²) in [5, 5.41) is 9.62. The third-order valence-electron chi connectivity index (χ3n) is 6.43. The highest BCUT2D eigenvalue weighted by Gasteiger charge is 2.43. The molecule has 0 bridgehead atoms. The molecule has 0 aliphatic carbocycles. The molecule has 0 saturated carbocycles. The zero-order valence-corrected chi connectivity index (χ0v) is 18.9. The molecule has 0 spiro atoms. The maximum atomic E-state index is 12.5. The Morgan fingerprint density at radius 2 is 1.88 bits per heavy atom. The summed E-state index contributed by atoms with van der Waals surface area (Å²) in [6.07, 6.45) is 1.97. The quantitative estimate of drug-likeness (QED) is 0.593. The molecule has 2 fully saturated rings. The molecule has 0 unspecified atom stereocenters. The van der Waals surface area contributed by atoms with Crippen LogP contribution in [0.2, 0.25) is 0 Å². The molecule has 3 atom stereocenters. The van der Waals surface area contributed by atoms with E-state index in [0.717, 1.165) is 31.6 Å². The van der Waals surface area contributed by atoms with Gasteiger partial charge < -0.3 is 20.9 Å². The summed E-state index contributed by atoms with van der Waals surface area (Å²) in [4.78, 5) is 29.2. The van der Waals surface area contributed by atoms with Crippen molar-refractivity contribution in [3.63, 3.8) is 0 Å². The van der Waals surface area contributed by atoms with Crippen molar-refractivity contribution in [3.8, 4) is 0 Å². The number of fused-ring (bicyclic) bond motifs is 1. The number of nitrogens with one attached hydrogen (secondary N) is 3. The van der Waals surface area contributed by atoms with Crippen molar-refractivity contribution in [3.05, 3.63) is 60.2 Å². The predicted molar refractivity (Wildman–Crippen MR) is 128 cm³/mol. The maximum absolute atomic E-state index is 12.5. The SMILES string of the molecule is CN(C)c1ccc(CN[C@@H]2C[C@@H]3C(=O)NC[C@@H](CCC(=O)Nc4ccccc4)N3C2)cc1. The lowest BCUT2D eigenvalue weighted by molar-refractivity contribution is -0.129. The minimum Gasteiger partial charge on any atom is -0.378 e. The van der Waals surface area contributed by atoms with Crippen molar-refractivity contribution in [2.45, 2.75) is 43.9 Å². The highest BCUT2D eigenvalue weighted by Crippen LogP contribution is 2.26. The van der Waals surface area contributed by atoms with Crippen LogP contribution in [0, 0.1) is 0 Å². The molecule has 3 N–H and O–H groups in total. The standard InChI is InChI=1S/C25H33N5O2/c1-29(2)21-10-8-18(9-11-21)15-26-20-14-23-25(32)27-16-22(30(23)17-20)12-13-24(31)28-19-6-4-3-5-7-19/h3-11,20,22-23,26H,12-17H2,1-2H3,(H,27,32)(H,28,31)/t20-,22-,23-/m1/s1. The normalized spacial score (nSPS) is 22.8. The second-order valence-electron chi connectivity index (χ2n) is 8.94. The number of piperazine rings is 1. The number of carbonyl (C=O) groups excluding carboxylic acids is 2. The summed E-state index contributed by atoms with van der Waals surface area (Å²) in [6.45, 7) is 2.22. The molecule has 0 aromatic heterocycles. The molecule has 2 saturated heterocycles. The number of benzene rings is 2. The second-order valence-corrected chi connectivity index (χ2v) is 8.94.